The van der Waals surface area contributed by atoms with E-state index in [1.54, 1.807) is 0 Å². The Morgan fingerprint density at radius 2 is 2.00 bits per heavy atom. The molecule has 0 saturated heterocycles. The molecule has 3 fully saturated rings. The van der Waals surface area contributed by atoms with Crippen LogP contribution in [0.15, 0.2) is 0 Å². The van der Waals surface area contributed by atoms with Crippen LogP contribution >= 0.6 is 0 Å². The summed E-state index contributed by atoms with van der Waals surface area (Å²) in [6.07, 6.45) is 1.75. The maximum Gasteiger partial charge on any atom is 0.255 e. The van der Waals surface area contributed by atoms with Crippen LogP contribution in [0.1, 0.15) is 19.3 Å². The van der Waals surface area contributed by atoms with Crippen molar-refractivity contribution in [2.75, 3.05) is 0 Å². The second-order valence-corrected chi connectivity index (χ2v) is 4.33. The van der Waals surface area contributed by atoms with E-state index in [0.29, 0.717) is 12.8 Å². The third-order valence-electron chi connectivity index (χ3n) is 3.95. The quantitative estimate of drug-likeness (QED) is 0.545. The lowest BCUT2D eigenvalue weighted by molar-refractivity contribution is -0.173. The van der Waals surface area contributed by atoms with Crippen LogP contribution in [0, 0.1) is 23.7 Å². The van der Waals surface area contributed by atoms with Gasteiger partial charge in [0.25, 0.3) is 5.92 Å². The van der Waals surface area contributed by atoms with Gasteiger partial charge in [0.2, 0.25) is 0 Å². The standard InChI is InChI=1S/C9H10F2O/c10-9(11)4-1-2-5-7(9)6(3-4)8(5)12/h4-7H,1-3H2/t4-,5-,6+,7+/m1/s1. The number of Topliss-reactive ketones (excluding diaryl/α,β-unsaturated/α-hetero) is 1. The van der Waals surface area contributed by atoms with Gasteiger partial charge in [-0.2, -0.15) is 0 Å². The highest BCUT2D eigenvalue weighted by atomic mass is 19.3. The van der Waals surface area contributed by atoms with Crippen molar-refractivity contribution in [3.05, 3.63) is 0 Å². The third kappa shape index (κ3) is 0.520. The molecule has 0 aromatic heterocycles. The molecule has 0 unspecified atom stereocenters. The van der Waals surface area contributed by atoms with E-state index < -0.39 is 17.8 Å². The largest absolute Gasteiger partial charge is 0.299 e. The van der Waals surface area contributed by atoms with Gasteiger partial charge in [-0.25, -0.2) is 8.78 Å². The van der Waals surface area contributed by atoms with E-state index in [9.17, 15) is 13.6 Å². The molecule has 3 rings (SSSR count). The molecule has 0 radical (unpaired) electrons. The fourth-order valence-electron chi connectivity index (χ4n) is 3.34. The molecular weight excluding hydrogens is 162 g/mol. The molecule has 3 aliphatic carbocycles. The van der Waals surface area contributed by atoms with Crippen LogP contribution in [-0.2, 0) is 4.79 Å². The molecule has 0 amide bonds. The van der Waals surface area contributed by atoms with Gasteiger partial charge >= 0.3 is 0 Å². The van der Waals surface area contributed by atoms with Crippen LogP contribution in [0.25, 0.3) is 0 Å². The molecule has 3 saturated carbocycles. The van der Waals surface area contributed by atoms with Crippen molar-refractivity contribution in [1.29, 1.82) is 0 Å². The second kappa shape index (κ2) is 1.73. The lowest BCUT2D eigenvalue weighted by Crippen LogP contribution is -2.53. The van der Waals surface area contributed by atoms with Crippen molar-refractivity contribution in [3.63, 3.8) is 0 Å². The van der Waals surface area contributed by atoms with Crippen LogP contribution in [0.5, 0.6) is 0 Å². The number of carbonyl (C=O) groups is 1. The average molecular weight is 172 g/mol. The SMILES string of the molecule is O=C1[C@H]2C[C@H]3CC[C@@H]1[C@@H]2C3(F)F. The summed E-state index contributed by atoms with van der Waals surface area (Å²) in [7, 11) is 0. The van der Waals surface area contributed by atoms with Gasteiger partial charge in [0, 0.05) is 23.7 Å². The number of alkyl halides is 2. The van der Waals surface area contributed by atoms with E-state index in [4.69, 9.17) is 0 Å². The van der Waals surface area contributed by atoms with Crippen molar-refractivity contribution >= 4 is 5.78 Å². The van der Waals surface area contributed by atoms with Gasteiger partial charge in [0.05, 0.1) is 0 Å². The fraction of sp³-hybridized carbons (Fsp3) is 0.889. The molecule has 0 aromatic rings. The van der Waals surface area contributed by atoms with Crippen LogP contribution in [0.2, 0.25) is 0 Å². The maximum atomic E-state index is 13.4. The van der Waals surface area contributed by atoms with Crippen LogP contribution < -0.4 is 0 Å². The Bertz CT molecular complexity index is 253. The monoisotopic (exact) mass is 172 g/mol. The van der Waals surface area contributed by atoms with E-state index in [0.717, 1.165) is 6.42 Å². The lowest BCUT2D eigenvalue weighted by atomic mass is 9.61. The normalized spacial score (nSPS) is 53.7. The minimum atomic E-state index is -2.51. The van der Waals surface area contributed by atoms with Gasteiger partial charge in [-0.1, -0.05) is 0 Å². The Morgan fingerprint density at radius 3 is 2.75 bits per heavy atom. The summed E-state index contributed by atoms with van der Waals surface area (Å²) in [5.74, 6) is -3.97. The lowest BCUT2D eigenvalue weighted by Gasteiger charge is -2.43. The first-order valence-electron chi connectivity index (χ1n) is 4.54. The molecule has 4 atom stereocenters. The molecule has 0 spiro atoms. The molecular formula is C9H10F2O. The first-order valence-corrected chi connectivity index (χ1v) is 4.54. The molecule has 2 bridgehead atoms. The smallest absolute Gasteiger partial charge is 0.255 e. The average Bonchev–Trinajstić information content (AvgIpc) is 2.27. The predicted octanol–water partition coefficient (Wildman–Crippen LogP) is 1.87. The highest BCUT2D eigenvalue weighted by Crippen LogP contribution is 2.64. The summed E-state index contributed by atoms with van der Waals surface area (Å²) in [5, 5.41) is 0. The Hall–Kier alpha value is -0.470. The highest BCUT2D eigenvalue weighted by molar-refractivity contribution is 5.91. The van der Waals surface area contributed by atoms with E-state index in [1.165, 1.54) is 0 Å². The predicted molar refractivity (Wildman–Crippen MR) is 37.8 cm³/mol. The topological polar surface area (TPSA) is 17.1 Å². The first kappa shape index (κ1) is 6.98. The van der Waals surface area contributed by atoms with Crippen LogP contribution in [0.3, 0.4) is 0 Å². The minimum absolute atomic E-state index is 0.125. The number of carbonyl (C=O) groups excluding carboxylic acids is 1. The Kier molecular flexibility index (Phi) is 1.01. The minimum Gasteiger partial charge on any atom is -0.299 e. The number of halogens is 2. The summed E-state index contributed by atoms with van der Waals surface area (Å²) < 4.78 is 26.7. The number of hydrogen-bond donors (Lipinski definition) is 0. The number of hydrogen-bond acceptors (Lipinski definition) is 1. The van der Waals surface area contributed by atoms with Gasteiger partial charge in [-0.15, -0.1) is 0 Å². The van der Waals surface area contributed by atoms with Crippen LogP contribution in [0.4, 0.5) is 8.78 Å². The molecule has 12 heavy (non-hydrogen) atoms. The van der Waals surface area contributed by atoms with Gasteiger partial charge in [0.15, 0.2) is 0 Å². The summed E-state index contributed by atoms with van der Waals surface area (Å²) >= 11 is 0. The van der Waals surface area contributed by atoms with Crippen molar-refractivity contribution in [1.82, 2.24) is 0 Å². The van der Waals surface area contributed by atoms with Crippen molar-refractivity contribution < 1.29 is 13.6 Å². The van der Waals surface area contributed by atoms with E-state index >= 15 is 0 Å². The van der Waals surface area contributed by atoms with Crippen molar-refractivity contribution in [2.24, 2.45) is 23.7 Å². The Morgan fingerprint density at radius 1 is 1.25 bits per heavy atom. The molecule has 1 nitrogen and oxygen atoms in total. The van der Waals surface area contributed by atoms with Gasteiger partial charge in [-0.05, 0) is 19.3 Å². The van der Waals surface area contributed by atoms with E-state index in [2.05, 4.69) is 0 Å². The highest BCUT2D eigenvalue weighted by Gasteiger charge is 2.71. The maximum absolute atomic E-state index is 13.4. The first-order chi connectivity index (χ1) is 5.62. The van der Waals surface area contributed by atoms with Gasteiger partial charge < -0.3 is 0 Å². The van der Waals surface area contributed by atoms with Crippen molar-refractivity contribution in [2.45, 2.75) is 25.2 Å². The molecule has 0 aliphatic heterocycles. The van der Waals surface area contributed by atoms with Crippen LogP contribution in [-0.4, -0.2) is 11.7 Å². The third-order valence-corrected chi connectivity index (χ3v) is 3.95. The molecule has 0 aromatic carbocycles. The number of rotatable bonds is 0. The van der Waals surface area contributed by atoms with E-state index in [-0.39, 0.29) is 17.6 Å². The second-order valence-electron chi connectivity index (χ2n) is 4.33. The number of ketones is 1. The summed E-state index contributed by atoms with van der Waals surface area (Å²) in [5.41, 5.74) is 0. The van der Waals surface area contributed by atoms with Crippen molar-refractivity contribution in [3.8, 4) is 0 Å². The van der Waals surface area contributed by atoms with Gasteiger partial charge in [0.1, 0.15) is 5.78 Å². The molecule has 3 heteroatoms. The molecule has 0 heterocycles. The zero-order chi connectivity index (χ0) is 8.51. The summed E-state index contributed by atoms with van der Waals surface area (Å²) in [6.45, 7) is 0. The fourth-order valence-corrected chi connectivity index (χ4v) is 3.34. The Balaban J connectivity index is 2.05. The zero-order valence-electron chi connectivity index (χ0n) is 6.59. The zero-order valence-corrected chi connectivity index (χ0v) is 6.59. The summed E-state index contributed by atoms with van der Waals surface area (Å²) in [6, 6.07) is 0. The van der Waals surface area contributed by atoms with Gasteiger partial charge in [-0.3, -0.25) is 4.79 Å². The molecule has 66 valence electrons. The molecule has 0 N–H and O–H groups in total. The number of fused-ring (bicyclic) bond motifs is 1. The Labute approximate surface area is 69.1 Å². The van der Waals surface area contributed by atoms with E-state index in [1.807, 2.05) is 0 Å². The molecule has 3 aliphatic rings. The summed E-state index contributed by atoms with van der Waals surface area (Å²) in [4.78, 5) is 11.3.